The highest BCUT2D eigenvalue weighted by Gasteiger charge is 2.35. The van der Waals surface area contributed by atoms with E-state index < -0.39 is 0 Å². The maximum atomic E-state index is 12.4. The van der Waals surface area contributed by atoms with Gasteiger partial charge in [-0.1, -0.05) is 35.0 Å². The number of carbonyl (C=O) groups excluding carboxylic acids is 1. The fourth-order valence-corrected chi connectivity index (χ4v) is 3.35. The van der Waals surface area contributed by atoms with E-state index >= 15 is 0 Å². The van der Waals surface area contributed by atoms with E-state index in [0.29, 0.717) is 29.7 Å². The van der Waals surface area contributed by atoms with E-state index in [1.165, 1.54) is 11.1 Å². The van der Waals surface area contributed by atoms with E-state index in [2.05, 4.69) is 24.0 Å². The Morgan fingerprint density at radius 2 is 2.00 bits per heavy atom. The Balaban J connectivity index is 1.57. The minimum absolute atomic E-state index is 0.0307. The molecule has 3 aromatic rings. The number of hydrogen-bond donors (Lipinski definition) is 0. The Morgan fingerprint density at radius 3 is 2.77 bits per heavy atom. The second-order valence-corrected chi connectivity index (χ2v) is 7.08. The Labute approximate surface area is 156 Å². The Hall–Kier alpha value is -2.66. The van der Waals surface area contributed by atoms with Crippen molar-refractivity contribution >= 4 is 23.2 Å². The molecule has 5 nitrogen and oxygen atoms in total. The van der Waals surface area contributed by atoms with Crippen molar-refractivity contribution in [1.29, 1.82) is 0 Å². The van der Waals surface area contributed by atoms with Crippen LogP contribution in [0.4, 0.5) is 5.69 Å². The van der Waals surface area contributed by atoms with Gasteiger partial charge in [-0.15, -0.1) is 0 Å². The Bertz CT molecular complexity index is 983. The van der Waals surface area contributed by atoms with Gasteiger partial charge < -0.3 is 9.42 Å². The molecule has 1 amide bonds. The summed E-state index contributed by atoms with van der Waals surface area (Å²) >= 11 is 6.04. The number of hydrogen-bond acceptors (Lipinski definition) is 4. The van der Waals surface area contributed by atoms with Gasteiger partial charge in [0, 0.05) is 29.2 Å². The first kappa shape index (κ1) is 16.8. The first-order chi connectivity index (χ1) is 12.5. The summed E-state index contributed by atoms with van der Waals surface area (Å²) < 4.78 is 5.46. The predicted molar refractivity (Wildman–Crippen MR) is 100 cm³/mol. The first-order valence-electron chi connectivity index (χ1n) is 8.48. The van der Waals surface area contributed by atoms with Crippen LogP contribution < -0.4 is 4.90 Å². The van der Waals surface area contributed by atoms with Gasteiger partial charge in [-0.2, -0.15) is 4.98 Å². The van der Waals surface area contributed by atoms with Crippen molar-refractivity contribution < 1.29 is 9.32 Å². The molecule has 0 N–H and O–H groups in total. The molecule has 1 aliphatic heterocycles. The standard InChI is InChI=1S/C20H18ClN3O2/c1-12-6-7-14(8-13(12)2)19-22-20(26-23-19)15-9-18(25)24(11-15)17-5-3-4-16(21)10-17/h3-8,10,15H,9,11H2,1-2H3. The third kappa shape index (κ3) is 3.10. The largest absolute Gasteiger partial charge is 0.339 e. The van der Waals surface area contributed by atoms with Crippen molar-refractivity contribution in [3.8, 4) is 11.4 Å². The molecular formula is C20H18ClN3O2. The van der Waals surface area contributed by atoms with Gasteiger partial charge in [-0.25, -0.2) is 0 Å². The lowest BCUT2D eigenvalue weighted by molar-refractivity contribution is -0.117. The summed E-state index contributed by atoms with van der Waals surface area (Å²) in [6, 6.07) is 13.4. The molecule has 0 aliphatic carbocycles. The number of halogens is 1. The molecule has 2 aromatic carbocycles. The van der Waals surface area contributed by atoms with Crippen LogP contribution in [-0.2, 0) is 4.79 Å². The molecule has 1 aromatic heterocycles. The van der Waals surface area contributed by atoms with Crippen LogP contribution in [0.2, 0.25) is 5.02 Å². The van der Waals surface area contributed by atoms with Gasteiger partial charge in [0.25, 0.3) is 0 Å². The summed E-state index contributed by atoms with van der Waals surface area (Å²) in [4.78, 5) is 18.7. The Morgan fingerprint density at radius 1 is 1.15 bits per heavy atom. The van der Waals surface area contributed by atoms with E-state index in [1.807, 2.05) is 30.3 Å². The Kier molecular flexibility index (Phi) is 4.24. The molecule has 0 radical (unpaired) electrons. The summed E-state index contributed by atoms with van der Waals surface area (Å²) in [5, 5.41) is 4.71. The number of amides is 1. The van der Waals surface area contributed by atoms with Gasteiger partial charge in [0.05, 0.1) is 5.92 Å². The van der Waals surface area contributed by atoms with Crippen LogP contribution in [0.15, 0.2) is 47.0 Å². The average Bonchev–Trinajstić information content (AvgIpc) is 3.24. The van der Waals surface area contributed by atoms with Crippen LogP contribution in [0.3, 0.4) is 0 Å². The summed E-state index contributed by atoms with van der Waals surface area (Å²) in [7, 11) is 0. The molecule has 1 fully saturated rings. The zero-order valence-corrected chi connectivity index (χ0v) is 15.3. The van der Waals surface area contributed by atoms with Crippen molar-refractivity contribution in [1.82, 2.24) is 10.1 Å². The van der Waals surface area contributed by atoms with Gasteiger partial charge in [-0.3, -0.25) is 4.79 Å². The van der Waals surface area contributed by atoms with Crippen LogP contribution >= 0.6 is 11.6 Å². The quantitative estimate of drug-likeness (QED) is 0.682. The topological polar surface area (TPSA) is 59.2 Å². The fraction of sp³-hybridized carbons (Fsp3) is 0.250. The lowest BCUT2D eigenvalue weighted by Gasteiger charge is -2.16. The predicted octanol–water partition coefficient (Wildman–Crippen LogP) is 4.53. The molecule has 0 saturated carbocycles. The second-order valence-electron chi connectivity index (χ2n) is 6.64. The SMILES string of the molecule is Cc1ccc(-c2noc(C3CC(=O)N(c4cccc(Cl)c4)C3)n2)cc1C. The van der Waals surface area contributed by atoms with Gasteiger partial charge in [0.1, 0.15) is 0 Å². The lowest BCUT2D eigenvalue weighted by atomic mass is 10.1. The van der Waals surface area contributed by atoms with E-state index in [1.54, 1.807) is 17.0 Å². The molecule has 4 rings (SSSR count). The van der Waals surface area contributed by atoms with Crippen LogP contribution in [0.5, 0.6) is 0 Å². The average molecular weight is 368 g/mol. The van der Waals surface area contributed by atoms with Gasteiger partial charge in [-0.05, 0) is 49.2 Å². The summed E-state index contributed by atoms with van der Waals surface area (Å²) in [5.41, 5.74) is 4.10. The molecule has 26 heavy (non-hydrogen) atoms. The van der Waals surface area contributed by atoms with Crippen LogP contribution in [0.1, 0.15) is 29.4 Å². The maximum Gasteiger partial charge on any atom is 0.232 e. The van der Waals surface area contributed by atoms with Gasteiger partial charge >= 0.3 is 0 Å². The molecule has 132 valence electrons. The molecule has 2 heterocycles. The first-order valence-corrected chi connectivity index (χ1v) is 8.86. The van der Waals surface area contributed by atoms with Gasteiger partial charge in [0.15, 0.2) is 0 Å². The van der Waals surface area contributed by atoms with Crippen molar-refractivity contribution in [2.75, 3.05) is 11.4 Å². The summed E-state index contributed by atoms with van der Waals surface area (Å²) in [6.07, 6.45) is 0.348. The molecule has 1 unspecified atom stereocenters. The van der Waals surface area contributed by atoms with E-state index in [9.17, 15) is 4.79 Å². The van der Waals surface area contributed by atoms with Crippen molar-refractivity contribution in [3.05, 3.63) is 64.5 Å². The van der Waals surface area contributed by atoms with E-state index in [4.69, 9.17) is 16.1 Å². The molecule has 1 aliphatic rings. The third-order valence-electron chi connectivity index (χ3n) is 4.80. The number of nitrogens with zero attached hydrogens (tertiary/aromatic N) is 3. The number of rotatable bonds is 3. The van der Waals surface area contributed by atoms with Crippen molar-refractivity contribution in [2.45, 2.75) is 26.2 Å². The van der Waals surface area contributed by atoms with Crippen molar-refractivity contribution in [3.63, 3.8) is 0 Å². The number of aromatic nitrogens is 2. The zero-order chi connectivity index (χ0) is 18.3. The highest BCUT2D eigenvalue weighted by Crippen LogP contribution is 2.33. The van der Waals surface area contributed by atoms with Crippen LogP contribution in [0, 0.1) is 13.8 Å². The molecule has 0 spiro atoms. The molecule has 6 heteroatoms. The third-order valence-corrected chi connectivity index (χ3v) is 5.04. The minimum atomic E-state index is -0.116. The van der Waals surface area contributed by atoms with Crippen LogP contribution in [0.25, 0.3) is 11.4 Å². The highest BCUT2D eigenvalue weighted by atomic mass is 35.5. The zero-order valence-electron chi connectivity index (χ0n) is 14.6. The normalized spacial score (nSPS) is 17.1. The highest BCUT2D eigenvalue weighted by molar-refractivity contribution is 6.30. The van der Waals surface area contributed by atoms with Crippen LogP contribution in [-0.4, -0.2) is 22.6 Å². The number of benzene rings is 2. The van der Waals surface area contributed by atoms with Crippen molar-refractivity contribution in [2.24, 2.45) is 0 Å². The fourth-order valence-electron chi connectivity index (χ4n) is 3.17. The molecule has 1 saturated heterocycles. The second kappa shape index (κ2) is 6.57. The summed E-state index contributed by atoms with van der Waals surface area (Å²) in [5.74, 6) is 0.963. The molecule has 1 atom stereocenters. The lowest BCUT2D eigenvalue weighted by Crippen LogP contribution is -2.24. The molecular weight excluding hydrogens is 350 g/mol. The monoisotopic (exact) mass is 367 g/mol. The number of aryl methyl sites for hydroxylation is 2. The number of carbonyl (C=O) groups is 1. The smallest absolute Gasteiger partial charge is 0.232 e. The number of anilines is 1. The molecule has 0 bridgehead atoms. The van der Waals surface area contributed by atoms with E-state index in [0.717, 1.165) is 11.3 Å². The minimum Gasteiger partial charge on any atom is -0.339 e. The maximum absolute atomic E-state index is 12.4. The van der Waals surface area contributed by atoms with E-state index in [-0.39, 0.29) is 11.8 Å². The summed E-state index contributed by atoms with van der Waals surface area (Å²) in [6.45, 7) is 4.63. The van der Waals surface area contributed by atoms with Gasteiger partial charge in [0.2, 0.25) is 17.6 Å².